The van der Waals surface area contributed by atoms with Gasteiger partial charge in [0.15, 0.2) is 0 Å². The van der Waals surface area contributed by atoms with Crippen molar-refractivity contribution in [2.45, 2.75) is 52.2 Å². The van der Waals surface area contributed by atoms with E-state index in [1.54, 1.807) is 14.0 Å². The lowest BCUT2D eigenvalue weighted by Crippen LogP contribution is -2.52. The molecule has 1 aliphatic heterocycles. The number of anilines is 1. The van der Waals surface area contributed by atoms with Crippen LogP contribution < -0.4 is 15.5 Å². The molecule has 0 aliphatic carbocycles. The van der Waals surface area contributed by atoms with Crippen LogP contribution in [0.25, 0.3) is 0 Å². The Morgan fingerprint density at radius 3 is 2.68 bits per heavy atom. The molecule has 0 aromatic heterocycles. The molecule has 0 saturated carbocycles. The van der Waals surface area contributed by atoms with Gasteiger partial charge in [-0.3, -0.25) is 9.59 Å². The predicted octanol–water partition coefficient (Wildman–Crippen LogP) is 2.88. The van der Waals surface area contributed by atoms with Crippen molar-refractivity contribution >= 4 is 17.5 Å². The van der Waals surface area contributed by atoms with E-state index in [4.69, 9.17) is 0 Å². The second-order valence-corrected chi connectivity index (χ2v) is 7.52. The number of fused-ring (bicyclic) bond motifs is 1. The topological polar surface area (TPSA) is 61.4 Å². The molecule has 2 N–H and O–H groups in total. The standard InChI is InChI=1S/C23H29N3O2/c1-15-8-7-10-19(16(15)2)14-26-21-11-6-5-9-18(21)12-13-20(23(26)28)25-22(27)17(3)24-4/h5-11,17,20,24H,12-14H2,1-4H3,(H,25,27). The molecule has 1 aliphatic rings. The van der Waals surface area contributed by atoms with E-state index in [9.17, 15) is 9.59 Å². The van der Waals surface area contributed by atoms with Crippen LogP contribution in [0.2, 0.25) is 0 Å². The molecule has 148 valence electrons. The quantitative estimate of drug-likeness (QED) is 0.840. The minimum absolute atomic E-state index is 0.0532. The number of likely N-dealkylation sites (N-methyl/N-ethyl adjacent to an activating group) is 1. The summed E-state index contributed by atoms with van der Waals surface area (Å²) in [6.07, 6.45) is 1.35. The molecule has 3 rings (SSSR count). The maximum absolute atomic E-state index is 13.4. The second-order valence-electron chi connectivity index (χ2n) is 7.52. The lowest BCUT2D eigenvalue weighted by molar-refractivity contribution is -0.128. The van der Waals surface area contributed by atoms with Crippen LogP contribution in [-0.4, -0.2) is 30.9 Å². The largest absolute Gasteiger partial charge is 0.343 e. The van der Waals surface area contributed by atoms with Gasteiger partial charge in [0.25, 0.3) is 0 Å². The van der Waals surface area contributed by atoms with E-state index < -0.39 is 6.04 Å². The van der Waals surface area contributed by atoms with Crippen molar-refractivity contribution in [1.82, 2.24) is 10.6 Å². The van der Waals surface area contributed by atoms with E-state index in [2.05, 4.69) is 42.7 Å². The molecule has 2 aromatic carbocycles. The number of carbonyl (C=O) groups is 2. The molecule has 5 heteroatoms. The fraction of sp³-hybridized carbons (Fsp3) is 0.391. The SMILES string of the molecule is CNC(C)C(=O)NC1CCc2ccccc2N(Cc2cccc(C)c2C)C1=O. The fourth-order valence-electron chi connectivity index (χ4n) is 3.59. The first kappa shape index (κ1) is 20.1. The number of hydrogen-bond donors (Lipinski definition) is 2. The maximum atomic E-state index is 13.4. The number of rotatable bonds is 5. The number of benzene rings is 2. The Hall–Kier alpha value is -2.66. The van der Waals surface area contributed by atoms with E-state index in [1.165, 1.54) is 11.1 Å². The molecule has 2 atom stereocenters. The summed E-state index contributed by atoms with van der Waals surface area (Å²) in [6, 6.07) is 13.3. The third-order valence-electron chi connectivity index (χ3n) is 5.74. The van der Waals surface area contributed by atoms with Gasteiger partial charge in [0.1, 0.15) is 6.04 Å². The normalized spacial score (nSPS) is 17.6. The van der Waals surface area contributed by atoms with Gasteiger partial charge in [-0.2, -0.15) is 0 Å². The van der Waals surface area contributed by atoms with Crippen LogP contribution in [0.5, 0.6) is 0 Å². The number of hydrogen-bond acceptors (Lipinski definition) is 3. The van der Waals surface area contributed by atoms with Gasteiger partial charge in [-0.05, 0) is 69.0 Å². The molecular formula is C23H29N3O2. The highest BCUT2D eigenvalue weighted by molar-refractivity contribution is 6.00. The van der Waals surface area contributed by atoms with E-state index in [0.717, 1.165) is 23.2 Å². The van der Waals surface area contributed by atoms with Crippen LogP contribution in [0.4, 0.5) is 5.69 Å². The van der Waals surface area contributed by atoms with Gasteiger partial charge in [0.2, 0.25) is 11.8 Å². The Morgan fingerprint density at radius 2 is 1.93 bits per heavy atom. The van der Waals surface area contributed by atoms with E-state index >= 15 is 0 Å². The monoisotopic (exact) mass is 379 g/mol. The first-order chi connectivity index (χ1) is 13.4. The number of nitrogens with one attached hydrogen (secondary N) is 2. The van der Waals surface area contributed by atoms with Crippen LogP contribution in [-0.2, 0) is 22.6 Å². The maximum Gasteiger partial charge on any atom is 0.249 e. The van der Waals surface area contributed by atoms with Crippen LogP contribution in [0.1, 0.15) is 35.6 Å². The number of nitrogens with zero attached hydrogens (tertiary/aromatic N) is 1. The zero-order valence-electron chi connectivity index (χ0n) is 17.1. The summed E-state index contributed by atoms with van der Waals surface area (Å²) < 4.78 is 0. The molecule has 0 radical (unpaired) electrons. The number of aryl methyl sites for hydroxylation is 2. The third-order valence-corrected chi connectivity index (χ3v) is 5.74. The van der Waals surface area contributed by atoms with Gasteiger partial charge in [-0.1, -0.05) is 36.4 Å². The van der Waals surface area contributed by atoms with Gasteiger partial charge in [-0.25, -0.2) is 0 Å². The van der Waals surface area contributed by atoms with E-state index in [1.807, 2.05) is 29.2 Å². The van der Waals surface area contributed by atoms with Crippen molar-refractivity contribution in [3.8, 4) is 0 Å². The van der Waals surface area contributed by atoms with Crippen LogP contribution >= 0.6 is 0 Å². The van der Waals surface area contributed by atoms with E-state index in [-0.39, 0.29) is 17.9 Å². The minimum Gasteiger partial charge on any atom is -0.343 e. The van der Waals surface area contributed by atoms with Gasteiger partial charge in [0, 0.05) is 5.69 Å². The van der Waals surface area contributed by atoms with Crippen LogP contribution in [0.15, 0.2) is 42.5 Å². The minimum atomic E-state index is -0.527. The van der Waals surface area contributed by atoms with Crippen molar-refractivity contribution in [1.29, 1.82) is 0 Å². The Labute approximate surface area is 167 Å². The lowest BCUT2D eigenvalue weighted by Gasteiger charge is -2.28. The summed E-state index contributed by atoms with van der Waals surface area (Å²) in [5.41, 5.74) is 5.60. The average Bonchev–Trinajstić information content (AvgIpc) is 2.82. The Balaban J connectivity index is 1.94. The Bertz CT molecular complexity index is 878. The first-order valence-electron chi connectivity index (χ1n) is 9.84. The molecule has 0 spiro atoms. The third kappa shape index (κ3) is 4.09. The second kappa shape index (κ2) is 8.57. The molecule has 28 heavy (non-hydrogen) atoms. The summed E-state index contributed by atoms with van der Waals surface area (Å²) in [6.45, 7) is 6.46. The highest BCUT2D eigenvalue weighted by atomic mass is 16.2. The zero-order valence-corrected chi connectivity index (χ0v) is 17.1. The molecule has 0 fully saturated rings. The molecule has 2 amide bonds. The van der Waals surface area contributed by atoms with E-state index in [0.29, 0.717) is 13.0 Å². The molecular weight excluding hydrogens is 350 g/mol. The summed E-state index contributed by atoms with van der Waals surface area (Å²) in [4.78, 5) is 27.7. The van der Waals surface area contributed by atoms with Crippen LogP contribution in [0, 0.1) is 13.8 Å². The van der Waals surface area contributed by atoms with Crippen molar-refractivity contribution < 1.29 is 9.59 Å². The van der Waals surface area contributed by atoms with Crippen LogP contribution in [0.3, 0.4) is 0 Å². The number of para-hydroxylation sites is 1. The molecule has 1 heterocycles. The summed E-state index contributed by atoms with van der Waals surface area (Å²) >= 11 is 0. The Kier molecular flexibility index (Phi) is 6.15. The first-order valence-corrected chi connectivity index (χ1v) is 9.84. The van der Waals surface area contributed by atoms with Crippen molar-refractivity contribution in [3.05, 3.63) is 64.7 Å². The Morgan fingerprint density at radius 1 is 1.18 bits per heavy atom. The smallest absolute Gasteiger partial charge is 0.249 e. The molecule has 2 aromatic rings. The molecule has 2 unspecified atom stereocenters. The molecule has 0 saturated heterocycles. The zero-order chi connectivity index (χ0) is 20.3. The lowest BCUT2D eigenvalue weighted by atomic mass is 10.0. The highest BCUT2D eigenvalue weighted by Gasteiger charge is 2.32. The van der Waals surface area contributed by atoms with Gasteiger partial charge in [0.05, 0.1) is 12.6 Å². The number of carbonyl (C=O) groups excluding carboxylic acids is 2. The van der Waals surface area contributed by atoms with Gasteiger partial charge < -0.3 is 15.5 Å². The number of amides is 2. The van der Waals surface area contributed by atoms with Crippen molar-refractivity contribution in [3.63, 3.8) is 0 Å². The summed E-state index contributed by atoms with van der Waals surface area (Å²) in [5.74, 6) is -0.207. The average molecular weight is 380 g/mol. The van der Waals surface area contributed by atoms with Crippen molar-refractivity contribution in [2.24, 2.45) is 0 Å². The molecule has 5 nitrogen and oxygen atoms in total. The summed E-state index contributed by atoms with van der Waals surface area (Å²) in [7, 11) is 1.74. The van der Waals surface area contributed by atoms with Gasteiger partial charge >= 0.3 is 0 Å². The molecule has 0 bridgehead atoms. The summed E-state index contributed by atoms with van der Waals surface area (Å²) in [5, 5.41) is 5.87. The predicted molar refractivity (Wildman–Crippen MR) is 112 cm³/mol. The van der Waals surface area contributed by atoms with Gasteiger partial charge in [-0.15, -0.1) is 0 Å². The highest BCUT2D eigenvalue weighted by Crippen LogP contribution is 2.29. The van der Waals surface area contributed by atoms with Crippen molar-refractivity contribution in [2.75, 3.05) is 11.9 Å². The fourth-order valence-corrected chi connectivity index (χ4v) is 3.59.